The molecule has 5 heteroatoms. The normalized spacial score (nSPS) is 16.5. The van der Waals surface area contributed by atoms with Crippen LogP contribution >= 0.6 is 15.9 Å². The molecule has 1 aliphatic rings. The van der Waals surface area contributed by atoms with Crippen molar-refractivity contribution in [2.75, 3.05) is 11.4 Å². The van der Waals surface area contributed by atoms with Crippen molar-refractivity contribution in [2.24, 2.45) is 0 Å². The predicted molar refractivity (Wildman–Crippen MR) is 124 cm³/mol. The third-order valence-corrected chi connectivity index (χ3v) is 6.45. The molecule has 0 aliphatic carbocycles. The summed E-state index contributed by atoms with van der Waals surface area (Å²) in [5.74, 6) is 1.18. The largest absolute Gasteiger partial charge is 0.323 e. The molecule has 1 fully saturated rings. The van der Waals surface area contributed by atoms with Gasteiger partial charge in [0.25, 0.3) is 0 Å². The topological polar surface area (TPSA) is 38.1 Å². The van der Waals surface area contributed by atoms with Gasteiger partial charge in [0.1, 0.15) is 5.82 Å². The standard InChI is InChI=1S/C25H22BrN3O/c1-17-10-12-18(13-11-17)15-29-23-9-5-3-7-21(23)27-25(29)19-14-24(30)28(16-19)22-8-4-2-6-20(22)26/h2-13,19H,14-16H2,1H3. The fourth-order valence-electron chi connectivity index (χ4n) is 4.23. The summed E-state index contributed by atoms with van der Waals surface area (Å²) in [6, 6.07) is 24.7. The van der Waals surface area contributed by atoms with Crippen LogP contribution in [-0.4, -0.2) is 22.0 Å². The van der Waals surface area contributed by atoms with E-state index in [-0.39, 0.29) is 11.8 Å². The molecule has 4 nitrogen and oxygen atoms in total. The number of fused-ring (bicyclic) bond motifs is 1. The second-order valence-corrected chi connectivity index (χ2v) is 8.74. The Balaban J connectivity index is 1.53. The Morgan fingerprint density at radius 3 is 2.53 bits per heavy atom. The van der Waals surface area contributed by atoms with Gasteiger partial charge in [-0.2, -0.15) is 0 Å². The first-order chi connectivity index (χ1) is 14.6. The van der Waals surface area contributed by atoms with Crippen molar-refractivity contribution in [1.29, 1.82) is 0 Å². The van der Waals surface area contributed by atoms with Crippen LogP contribution in [0, 0.1) is 6.92 Å². The number of hydrogen-bond acceptors (Lipinski definition) is 2. The number of aryl methyl sites for hydroxylation is 1. The quantitative estimate of drug-likeness (QED) is 0.393. The molecule has 1 unspecified atom stereocenters. The monoisotopic (exact) mass is 459 g/mol. The fourth-order valence-corrected chi connectivity index (χ4v) is 4.73. The van der Waals surface area contributed by atoms with Crippen molar-refractivity contribution < 1.29 is 4.79 Å². The highest BCUT2D eigenvalue weighted by Gasteiger charge is 2.35. The number of rotatable bonds is 4. The van der Waals surface area contributed by atoms with E-state index >= 15 is 0 Å². The third kappa shape index (κ3) is 3.43. The number of amides is 1. The van der Waals surface area contributed by atoms with Crippen LogP contribution in [0.1, 0.15) is 29.3 Å². The van der Waals surface area contributed by atoms with Crippen LogP contribution in [0.3, 0.4) is 0 Å². The van der Waals surface area contributed by atoms with Crippen molar-refractivity contribution in [1.82, 2.24) is 9.55 Å². The molecule has 1 saturated heterocycles. The first-order valence-electron chi connectivity index (χ1n) is 10.2. The van der Waals surface area contributed by atoms with Gasteiger partial charge in [-0.15, -0.1) is 0 Å². The van der Waals surface area contributed by atoms with Gasteiger partial charge in [0.15, 0.2) is 0 Å². The number of halogens is 1. The Bertz CT molecular complexity index is 1230. The maximum Gasteiger partial charge on any atom is 0.227 e. The van der Waals surface area contributed by atoms with Crippen molar-refractivity contribution >= 4 is 38.6 Å². The van der Waals surface area contributed by atoms with Crippen molar-refractivity contribution in [3.63, 3.8) is 0 Å². The summed E-state index contributed by atoms with van der Waals surface area (Å²) in [4.78, 5) is 19.7. The number of hydrogen-bond donors (Lipinski definition) is 0. The Hall–Kier alpha value is -2.92. The minimum Gasteiger partial charge on any atom is -0.323 e. The highest BCUT2D eigenvalue weighted by Crippen LogP contribution is 2.36. The van der Waals surface area contributed by atoms with Crippen LogP contribution in [-0.2, 0) is 11.3 Å². The van der Waals surface area contributed by atoms with Gasteiger partial charge >= 0.3 is 0 Å². The third-order valence-electron chi connectivity index (χ3n) is 5.78. The average Bonchev–Trinajstić information content (AvgIpc) is 3.31. The van der Waals surface area contributed by atoms with E-state index < -0.39 is 0 Å². The maximum atomic E-state index is 12.9. The molecule has 0 saturated carbocycles. The molecule has 1 aromatic heterocycles. The van der Waals surface area contributed by atoms with Gasteiger partial charge in [-0.1, -0.05) is 54.1 Å². The molecule has 4 aromatic rings. The zero-order chi connectivity index (χ0) is 20.7. The lowest BCUT2D eigenvalue weighted by Crippen LogP contribution is -2.25. The molecular weight excluding hydrogens is 438 g/mol. The summed E-state index contributed by atoms with van der Waals surface area (Å²) in [5.41, 5.74) is 5.49. The second kappa shape index (κ2) is 7.73. The maximum absolute atomic E-state index is 12.9. The highest BCUT2D eigenvalue weighted by atomic mass is 79.9. The Labute approximate surface area is 184 Å². The van der Waals surface area contributed by atoms with Crippen LogP contribution in [0.5, 0.6) is 0 Å². The van der Waals surface area contributed by atoms with Crippen molar-refractivity contribution in [3.05, 3.63) is 94.2 Å². The Kier molecular flexibility index (Phi) is 4.91. The zero-order valence-corrected chi connectivity index (χ0v) is 18.3. The SMILES string of the molecule is Cc1ccc(Cn2c(C3CC(=O)N(c4ccccc4Br)C3)nc3ccccc32)cc1. The minimum absolute atomic E-state index is 0.0578. The summed E-state index contributed by atoms with van der Waals surface area (Å²) in [5, 5.41) is 0. The summed E-state index contributed by atoms with van der Waals surface area (Å²) in [6.45, 7) is 3.48. The van der Waals surface area contributed by atoms with Crippen LogP contribution in [0.15, 0.2) is 77.3 Å². The molecule has 150 valence electrons. The number of carbonyl (C=O) groups excluding carboxylic acids is 1. The first kappa shape index (κ1) is 19.1. The first-order valence-corrected chi connectivity index (χ1v) is 10.9. The van der Waals surface area contributed by atoms with Gasteiger partial charge in [0.05, 0.1) is 16.7 Å². The molecule has 5 rings (SSSR count). The van der Waals surface area contributed by atoms with E-state index in [9.17, 15) is 4.79 Å². The summed E-state index contributed by atoms with van der Waals surface area (Å²) < 4.78 is 3.22. The van der Waals surface area contributed by atoms with E-state index in [4.69, 9.17) is 4.98 Å². The van der Waals surface area contributed by atoms with E-state index in [2.05, 4.69) is 57.8 Å². The lowest BCUT2D eigenvalue weighted by molar-refractivity contribution is -0.117. The van der Waals surface area contributed by atoms with Gasteiger partial charge in [0, 0.05) is 29.9 Å². The van der Waals surface area contributed by atoms with Crippen LogP contribution in [0.4, 0.5) is 5.69 Å². The summed E-state index contributed by atoms with van der Waals surface area (Å²) in [7, 11) is 0. The number of imidazole rings is 1. The highest BCUT2D eigenvalue weighted by molar-refractivity contribution is 9.10. The lowest BCUT2D eigenvalue weighted by Gasteiger charge is -2.19. The number of para-hydroxylation sites is 3. The number of benzene rings is 3. The van der Waals surface area contributed by atoms with Crippen molar-refractivity contribution in [3.8, 4) is 0 Å². The molecule has 0 N–H and O–H groups in total. The molecule has 1 amide bonds. The molecular formula is C25H22BrN3O. The molecule has 0 radical (unpaired) electrons. The smallest absolute Gasteiger partial charge is 0.227 e. The van der Waals surface area contributed by atoms with Crippen LogP contribution < -0.4 is 4.90 Å². The van der Waals surface area contributed by atoms with Gasteiger partial charge < -0.3 is 9.47 Å². The minimum atomic E-state index is 0.0578. The van der Waals surface area contributed by atoms with E-state index in [1.807, 2.05) is 47.4 Å². The predicted octanol–water partition coefficient (Wildman–Crippen LogP) is 5.68. The summed E-state index contributed by atoms with van der Waals surface area (Å²) in [6.07, 6.45) is 0.471. The second-order valence-electron chi connectivity index (χ2n) is 7.89. The van der Waals surface area contributed by atoms with Crippen LogP contribution in [0.25, 0.3) is 11.0 Å². The summed E-state index contributed by atoms with van der Waals surface area (Å²) >= 11 is 3.59. The van der Waals surface area contributed by atoms with E-state index in [0.29, 0.717) is 13.0 Å². The number of nitrogens with zero attached hydrogens (tertiary/aromatic N) is 3. The van der Waals surface area contributed by atoms with E-state index in [1.165, 1.54) is 11.1 Å². The zero-order valence-electron chi connectivity index (χ0n) is 16.8. The molecule has 1 atom stereocenters. The number of anilines is 1. The molecule has 30 heavy (non-hydrogen) atoms. The molecule has 1 aliphatic heterocycles. The molecule has 2 heterocycles. The van der Waals surface area contributed by atoms with E-state index in [0.717, 1.165) is 33.6 Å². The average molecular weight is 460 g/mol. The van der Waals surface area contributed by atoms with Gasteiger partial charge in [0.2, 0.25) is 5.91 Å². The number of carbonyl (C=O) groups is 1. The van der Waals surface area contributed by atoms with Gasteiger partial charge in [-0.3, -0.25) is 4.79 Å². The van der Waals surface area contributed by atoms with Crippen molar-refractivity contribution in [2.45, 2.75) is 25.8 Å². The molecule has 0 bridgehead atoms. The van der Waals surface area contributed by atoms with E-state index in [1.54, 1.807) is 0 Å². The molecule has 3 aromatic carbocycles. The Morgan fingerprint density at radius 1 is 1.00 bits per heavy atom. The van der Waals surface area contributed by atoms with Gasteiger partial charge in [-0.25, -0.2) is 4.98 Å². The van der Waals surface area contributed by atoms with Crippen LogP contribution in [0.2, 0.25) is 0 Å². The number of aromatic nitrogens is 2. The lowest BCUT2D eigenvalue weighted by atomic mass is 10.1. The fraction of sp³-hybridized carbons (Fsp3) is 0.200. The Morgan fingerprint density at radius 2 is 1.73 bits per heavy atom. The van der Waals surface area contributed by atoms with Gasteiger partial charge in [-0.05, 0) is 52.7 Å². The molecule has 0 spiro atoms.